The van der Waals surface area contributed by atoms with Gasteiger partial charge in [-0.1, -0.05) is 0 Å². The van der Waals surface area contributed by atoms with Crippen molar-refractivity contribution >= 4 is 10.2 Å². The van der Waals surface area contributed by atoms with Gasteiger partial charge in [-0.15, -0.1) is 0 Å². The van der Waals surface area contributed by atoms with Crippen molar-refractivity contribution in [2.75, 3.05) is 33.4 Å². The summed E-state index contributed by atoms with van der Waals surface area (Å²) >= 11 is 0. The van der Waals surface area contributed by atoms with Crippen molar-refractivity contribution in [3.63, 3.8) is 0 Å². The molecule has 1 N–H and O–H groups in total. The van der Waals surface area contributed by atoms with Crippen LogP contribution in [0.1, 0.15) is 6.42 Å². The predicted octanol–water partition coefficient (Wildman–Crippen LogP) is -0.623. The molecule has 13 heavy (non-hydrogen) atoms. The Labute approximate surface area is 79.2 Å². The molecule has 0 aliphatic carbocycles. The Kier molecular flexibility index (Phi) is 4.11. The first-order chi connectivity index (χ1) is 6.17. The van der Waals surface area contributed by atoms with Crippen LogP contribution in [0.4, 0.5) is 0 Å². The molecule has 0 atom stereocenters. The van der Waals surface area contributed by atoms with E-state index in [1.807, 2.05) is 6.42 Å². The van der Waals surface area contributed by atoms with Gasteiger partial charge in [0.05, 0.1) is 0 Å². The highest BCUT2D eigenvalue weighted by atomic mass is 32.2. The smallest absolute Gasteiger partial charge is 0.279 e. The summed E-state index contributed by atoms with van der Waals surface area (Å²) < 4.78 is 31.1. The van der Waals surface area contributed by atoms with Crippen LogP contribution in [0.15, 0.2) is 0 Å². The third-order valence-corrected chi connectivity index (χ3v) is 3.42. The highest BCUT2D eigenvalue weighted by molar-refractivity contribution is 7.87. The van der Waals surface area contributed by atoms with Crippen molar-refractivity contribution in [1.29, 1.82) is 0 Å². The number of unbranched alkanes of at least 4 members (excludes halogenated alkanes) is 1. The van der Waals surface area contributed by atoms with Gasteiger partial charge in [0.25, 0.3) is 10.2 Å². The Balaban J connectivity index is 2.22. The fourth-order valence-electron chi connectivity index (χ4n) is 1.14. The molecule has 1 aliphatic rings. The molecule has 1 heterocycles. The summed E-state index contributed by atoms with van der Waals surface area (Å²) in [6.45, 7) is 2.19. The Morgan fingerprint density at radius 3 is 2.92 bits per heavy atom. The fourth-order valence-corrected chi connectivity index (χ4v) is 2.30. The van der Waals surface area contributed by atoms with Gasteiger partial charge >= 0.3 is 0 Å². The van der Waals surface area contributed by atoms with Gasteiger partial charge in [0, 0.05) is 33.4 Å². The van der Waals surface area contributed by atoms with Gasteiger partial charge in [0.2, 0.25) is 0 Å². The van der Waals surface area contributed by atoms with Gasteiger partial charge in [-0.3, -0.25) is 0 Å². The molecule has 5 nitrogen and oxygen atoms in total. The van der Waals surface area contributed by atoms with Crippen molar-refractivity contribution in [3.8, 4) is 0 Å². The molecule has 0 spiro atoms. The second-order valence-electron chi connectivity index (χ2n) is 2.83. The lowest BCUT2D eigenvalue weighted by molar-refractivity contribution is 0.200. The van der Waals surface area contributed by atoms with Crippen molar-refractivity contribution < 1.29 is 13.2 Å². The van der Waals surface area contributed by atoms with Crippen LogP contribution in [0, 0.1) is 6.42 Å². The number of nitrogens with one attached hydrogen (secondary N) is 1. The molecular weight excluding hydrogens is 192 g/mol. The van der Waals surface area contributed by atoms with E-state index in [2.05, 4.69) is 4.72 Å². The van der Waals surface area contributed by atoms with Gasteiger partial charge in [0.15, 0.2) is 0 Å². The number of rotatable bonds is 5. The highest BCUT2D eigenvalue weighted by Crippen LogP contribution is 2.05. The summed E-state index contributed by atoms with van der Waals surface area (Å²) in [5, 5.41) is 0. The van der Waals surface area contributed by atoms with E-state index < -0.39 is 10.2 Å². The summed E-state index contributed by atoms with van der Waals surface area (Å²) in [5.74, 6) is 0. The van der Waals surface area contributed by atoms with Crippen molar-refractivity contribution in [3.05, 3.63) is 6.42 Å². The summed E-state index contributed by atoms with van der Waals surface area (Å²) in [4.78, 5) is 0. The lowest BCUT2D eigenvalue weighted by Gasteiger charge is -2.11. The highest BCUT2D eigenvalue weighted by Gasteiger charge is 2.26. The Morgan fingerprint density at radius 1 is 1.62 bits per heavy atom. The number of ether oxygens (including phenoxy) is 1. The summed E-state index contributed by atoms with van der Waals surface area (Å²) in [7, 11) is -1.54. The maximum atomic E-state index is 11.2. The number of hydrogen-bond donors (Lipinski definition) is 1. The standard InChI is InChI=1S/C7H15N2O3S/c1-12-7-3-2-5-9-6-4-8-13(9,10)11/h2,8H,3-7H2,1H3. The largest absolute Gasteiger partial charge is 0.385 e. The van der Waals surface area contributed by atoms with E-state index in [0.717, 1.165) is 6.42 Å². The zero-order chi connectivity index (χ0) is 9.73. The van der Waals surface area contributed by atoms with Crippen molar-refractivity contribution in [1.82, 2.24) is 9.03 Å². The monoisotopic (exact) mass is 207 g/mol. The molecule has 1 rings (SSSR count). The third-order valence-electron chi connectivity index (χ3n) is 1.84. The van der Waals surface area contributed by atoms with Crippen LogP contribution in [-0.4, -0.2) is 46.1 Å². The van der Waals surface area contributed by atoms with Crippen LogP contribution in [0.5, 0.6) is 0 Å². The lowest BCUT2D eigenvalue weighted by atomic mass is 10.3. The van der Waals surface area contributed by atoms with Gasteiger partial charge in [0.1, 0.15) is 0 Å². The molecule has 0 bridgehead atoms. The first-order valence-electron chi connectivity index (χ1n) is 4.22. The van der Waals surface area contributed by atoms with Crippen molar-refractivity contribution in [2.24, 2.45) is 0 Å². The van der Waals surface area contributed by atoms with E-state index in [1.165, 1.54) is 4.31 Å². The second-order valence-corrected chi connectivity index (χ2v) is 4.58. The zero-order valence-electron chi connectivity index (χ0n) is 7.69. The van der Waals surface area contributed by atoms with Crippen LogP contribution in [-0.2, 0) is 14.9 Å². The molecule has 0 aromatic heterocycles. The topological polar surface area (TPSA) is 58.6 Å². The van der Waals surface area contributed by atoms with E-state index in [-0.39, 0.29) is 0 Å². The van der Waals surface area contributed by atoms with E-state index in [4.69, 9.17) is 4.74 Å². The zero-order valence-corrected chi connectivity index (χ0v) is 8.51. The first kappa shape index (κ1) is 10.9. The Hall–Kier alpha value is -0.170. The number of hydrogen-bond acceptors (Lipinski definition) is 3. The lowest BCUT2D eigenvalue weighted by Crippen LogP contribution is -2.30. The van der Waals surface area contributed by atoms with Crippen LogP contribution in [0.25, 0.3) is 0 Å². The average Bonchev–Trinajstić information content (AvgIpc) is 2.40. The number of methoxy groups -OCH3 is 1. The summed E-state index contributed by atoms with van der Waals surface area (Å²) in [5.41, 5.74) is 0. The SMILES string of the molecule is COCC[CH]CN1CCNS1(=O)=O. The van der Waals surface area contributed by atoms with Gasteiger partial charge in [-0.2, -0.15) is 12.7 Å². The molecule has 1 fully saturated rings. The Bertz CT molecular complexity index is 240. The van der Waals surface area contributed by atoms with E-state index >= 15 is 0 Å². The molecule has 0 aromatic rings. The van der Waals surface area contributed by atoms with Crippen LogP contribution in [0.3, 0.4) is 0 Å². The molecule has 1 aliphatic heterocycles. The maximum Gasteiger partial charge on any atom is 0.279 e. The maximum absolute atomic E-state index is 11.2. The molecule has 77 valence electrons. The summed E-state index contributed by atoms with van der Waals surface area (Å²) in [6.07, 6.45) is 2.69. The minimum absolute atomic E-state index is 0.471. The normalized spacial score (nSPS) is 22.2. The van der Waals surface area contributed by atoms with Crippen LogP contribution < -0.4 is 4.72 Å². The summed E-state index contributed by atoms with van der Waals surface area (Å²) in [6, 6.07) is 0. The molecule has 0 saturated carbocycles. The van der Waals surface area contributed by atoms with E-state index in [1.54, 1.807) is 7.11 Å². The molecular formula is C7H15N2O3S. The Morgan fingerprint density at radius 2 is 2.38 bits per heavy atom. The van der Waals surface area contributed by atoms with Crippen molar-refractivity contribution in [2.45, 2.75) is 6.42 Å². The molecule has 1 saturated heterocycles. The van der Waals surface area contributed by atoms with E-state index in [0.29, 0.717) is 26.2 Å². The van der Waals surface area contributed by atoms with Gasteiger partial charge in [-0.05, 0) is 12.8 Å². The van der Waals surface area contributed by atoms with Crippen LogP contribution >= 0.6 is 0 Å². The van der Waals surface area contributed by atoms with Crippen LogP contribution in [0.2, 0.25) is 0 Å². The second kappa shape index (κ2) is 4.90. The minimum atomic E-state index is -3.16. The number of nitrogens with zero attached hydrogens (tertiary/aromatic N) is 1. The van der Waals surface area contributed by atoms with Gasteiger partial charge in [-0.25, -0.2) is 4.72 Å². The third kappa shape index (κ3) is 3.22. The molecule has 1 radical (unpaired) electrons. The quantitative estimate of drug-likeness (QED) is 0.611. The molecule has 6 heteroatoms. The predicted molar refractivity (Wildman–Crippen MR) is 49.3 cm³/mol. The molecule has 0 aromatic carbocycles. The van der Waals surface area contributed by atoms with E-state index in [9.17, 15) is 8.42 Å². The minimum Gasteiger partial charge on any atom is -0.385 e. The molecule has 0 amide bonds. The fraction of sp³-hybridized carbons (Fsp3) is 0.857. The first-order valence-corrected chi connectivity index (χ1v) is 5.66. The van der Waals surface area contributed by atoms with Gasteiger partial charge < -0.3 is 4.74 Å². The molecule has 0 unspecified atom stereocenters. The average molecular weight is 207 g/mol.